The highest BCUT2D eigenvalue weighted by Crippen LogP contribution is 2.14. The molecule has 2 aromatic rings. The summed E-state index contributed by atoms with van der Waals surface area (Å²) in [6, 6.07) is 8.79. The van der Waals surface area contributed by atoms with Crippen LogP contribution in [0.1, 0.15) is 49.9 Å². The minimum atomic E-state index is -0.585. The van der Waals surface area contributed by atoms with Gasteiger partial charge in [0.2, 0.25) is 0 Å². The summed E-state index contributed by atoms with van der Waals surface area (Å²) in [5, 5.41) is 3.62. The molecule has 1 amide bonds. The Morgan fingerprint density at radius 2 is 2.05 bits per heavy atom. The number of unbranched alkanes of at least 4 members (excludes halogenated alkanes) is 1. The van der Waals surface area contributed by atoms with Crippen LogP contribution in [0, 0.1) is 5.92 Å². The van der Waals surface area contributed by atoms with Gasteiger partial charge in [-0.1, -0.05) is 51.3 Å². The van der Waals surface area contributed by atoms with Gasteiger partial charge in [0.25, 0.3) is 5.91 Å². The van der Waals surface area contributed by atoms with E-state index < -0.39 is 5.63 Å². The van der Waals surface area contributed by atoms with E-state index in [0.717, 1.165) is 31.1 Å². The van der Waals surface area contributed by atoms with Crippen molar-refractivity contribution >= 4 is 16.9 Å². The molecule has 4 heteroatoms. The molecule has 0 aliphatic rings. The van der Waals surface area contributed by atoms with Crippen LogP contribution in [-0.2, 0) is 0 Å². The van der Waals surface area contributed by atoms with Crippen LogP contribution < -0.4 is 10.9 Å². The van der Waals surface area contributed by atoms with Gasteiger partial charge in [-0.25, -0.2) is 4.79 Å². The molecule has 0 fully saturated rings. The Morgan fingerprint density at radius 3 is 2.77 bits per heavy atom. The molecule has 1 aromatic heterocycles. The van der Waals surface area contributed by atoms with Crippen molar-refractivity contribution in [3.63, 3.8) is 0 Å². The van der Waals surface area contributed by atoms with Crippen LogP contribution in [0.15, 0.2) is 39.5 Å². The van der Waals surface area contributed by atoms with Gasteiger partial charge in [0.05, 0.1) is 0 Å². The molecule has 0 aliphatic carbocycles. The van der Waals surface area contributed by atoms with Crippen molar-refractivity contribution in [1.29, 1.82) is 0 Å². The van der Waals surface area contributed by atoms with Crippen molar-refractivity contribution in [3.05, 3.63) is 46.3 Å². The molecule has 0 spiro atoms. The lowest BCUT2D eigenvalue weighted by Gasteiger charge is -2.15. The summed E-state index contributed by atoms with van der Waals surface area (Å²) in [6.07, 6.45) is 4.43. The van der Waals surface area contributed by atoms with Crippen molar-refractivity contribution in [1.82, 2.24) is 5.32 Å². The largest absolute Gasteiger partial charge is 0.422 e. The van der Waals surface area contributed by atoms with Crippen LogP contribution in [0.5, 0.6) is 0 Å². The molecular weight excluding hydrogens is 278 g/mol. The number of benzene rings is 1. The maximum atomic E-state index is 12.2. The normalized spacial score (nSPS) is 12.3. The summed E-state index contributed by atoms with van der Waals surface area (Å²) in [7, 11) is 0. The fourth-order valence-electron chi connectivity index (χ4n) is 2.50. The van der Waals surface area contributed by atoms with Crippen LogP contribution >= 0.6 is 0 Å². The first kappa shape index (κ1) is 16.3. The van der Waals surface area contributed by atoms with E-state index in [-0.39, 0.29) is 11.5 Å². The van der Waals surface area contributed by atoms with Crippen molar-refractivity contribution in [3.8, 4) is 0 Å². The number of carbonyl (C=O) groups is 1. The molecule has 0 aliphatic heterocycles. The molecule has 1 unspecified atom stereocenters. The second-order valence-corrected chi connectivity index (χ2v) is 5.61. The molecule has 2 rings (SSSR count). The average molecular weight is 301 g/mol. The molecule has 0 saturated carbocycles. The minimum Gasteiger partial charge on any atom is -0.422 e. The minimum absolute atomic E-state index is 0.0732. The molecule has 1 N–H and O–H groups in total. The zero-order chi connectivity index (χ0) is 15.9. The highest BCUT2D eigenvalue weighted by molar-refractivity contribution is 5.96. The quantitative estimate of drug-likeness (QED) is 0.793. The summed E-state index contributed by atoms with van der Waals surface area (Å²) in [6.45, 7) is 4.88. The Balaban J connectivity index is 2.09. The van der Waals surface area contributed by atoms with Gasteiger partial charge in [0.1, 0.15) is 11.1 Å². The third-order valence-electron chi connectivity index (χ3n) is 3.98. The predicted octanol–water partition coefficient (Wildman–Crippen LogP) is 3.74. The van der Waals surface area contributed by atoms with Gasteiger partial charge in [0, 0.05) is 11.9 Å². The first-order valence-corrected chi connectivity index (χ1v) is 7.96. The molecule has 0 radical (unpaired) electrons. The lowest BCUT2D eigenvalue weighted by molar-refractivity contribution is 0.0942. The van der Waals surface area contributed by atoms with Crippen molar-refractivity contribution in [2.45, 2.75) is 39.5 Å². The Hall–Kier alpha value is -2.10. The van der Waals surface area contributed by atoms with E-state index in [1.54, 1.807) is 18.2 Å². The smallest absolute Gasteiger partial charge is 0.349 e. The van der Waals surface area contributed by atoms with Crippen LogP contribution in [0.25, 0.3) is 11.0 Å². The monoisotopic (exact) mass is 301 g/mol. The first-order chi connectivity index (χ1) is 10.7. The number of amides is 1. The molecule has 1 aromatic carbocycles. The fraction of sp³-hybridized carbons (Fsp3) is 0.444. The maximum absolute atomic E-state index is 12.2. The SMILES string of the molecule is CCCCC(CC)CNC(=O)c1cc2ccccc2oc1=O. The average Bonchev–Trinajstić information content (AvgIpc) is 2.54. The lowest BCUT2D eigenvalue weighted by atomic mass is 9.99. The van der Waals surface area contributed by atoms with Gasteiger partial charge < -0.3 is 9.73 Å². The molecule has 1 atom stereocenters. The number of fused-ring (bicyclic) bond motifs is 1. The van der Waals surface area contributed by atoms with E-state index in [2.05, 4.69) is 19.2 Å². The third-order valence-corrected chi connectivity index (χ3v) is 3.98. The van der Waals surface area contributed by atoms with E-state index in [0.29, 0.717) is 18.0 Å². The van der Waals surface area contributed by atoms with Gasteiger partial charge in [-0.15, -0.1) is 0 Å². The van der Waals surface area contributed by atoms with E-state index in [1.165, 1.54) is 0 Å². The first-order valence-electron chi connectivity index (χ1n) is 7.96. The summed E-state index contributed by atoms with van der Waals surface area (Å²) in [5.74, 6) is 0.103. The molecule has 4 nitrogen and oxygen atoms in total. The molecular formula is C18H23NO3. The third kappa shape index (κ3) is 3.97. The molecule has 22 heavy (non-hydrogen) atoms. The zero-order valence-electron chi connectivity index (χ0n) is 13.2. The molecule has 0 saturated heterocycles. The van der Waals surface area contributed by atoms with Gasteiger partial charge in [-0.2, -0.15) is 0 Å². The number of carbonyl (C=O) groups excluding carboxylic acids is 1. The molecule has 1 heterocycles. The topological polar surface area (TPSA) is 59.3 Å². The Morgan fingerprint density at radius 1 is 1.27 bits per heavy atom. The highest BCUT2D eigenvalue weighted by atomic mass is 16.4. The zero-order valence-corrected chi connectivity index (χ0v) is 13.2. The number of hydrogen-bond acceptors (Lipinski definition) is 3. The fourth-order valence-corrected chi connectivity index (χ4v) is 2.50. The second kappa shape index (κ2) is 7.78. The molecule has 0 bridgehead atoms. The summed E-state index contributed by atoms with van der Waals surface area (Å²) in [5.41, 5.74) is -0.0136. The van der Waals surface area contributed by atoms with E-state index in [1.807, 2.05) is 12.1 Å². The van der Waals surface area contributed by atoms with Crippen molar-refractivity contribution in [2.24, 2.45) is 5.92 Å². The van der Waals surface area contributed by atoms with E-state index in [4.69, 9.17) is 4.42 Å². The standard InChI is InChI=1S/C18H23NO3/c1-3-5-8-13(4-2)12-19-17(20)15-11-14-9-6-7-10-16(14)22-18(15)21/h6-7,9-11,13H,3-5,8,12H2,1-2H3,(H,19,20). The van der Waals surface area contributed by atoms with E-state index in [9.17, 15) is 9.59 Å². The van der Waals surface area contributed by atoms with Crippen LogP contribution in [0.3, 0.4) is 0 Å². The molecule has 118 valence electrons. The maximum Gasteiger partial charge on any atom is 0.349 e. The number of nitrogens with one attached hydrogen (secondary N) is 1. The summed E-state index contributed by atoms with van der Waals surface area (Å²) >= 11 is 0. The van der Waals surface area contributed by atoms with Gasteiger partial charge in [0.15, 0.2) is 0 Å². The number of rotatable bonds is 7. The summed E-state index contributed by atoms with van der Waals surface area (Å²) in [4.78, 5) is 24.2. The second-order valence-electron chi connectivity index (χ2n) is 5.61. The highest BCUT2D eigenvalue weighted by Gasteiger charge is 2.15. The Labute approximate surface area is 130 Å². The van der Waals surface area contributed by atoms with E-state index >= 15 is 0 Å². The number of para-hydroxylation sites is 1. The van der Waals surface area contributed by atoms with Crippen LogP contribution in [0.4, 0.5) is 0 Å². The Bertz CT molecular complexity index is 690. The predicted molar refractivity (Wildman–Crippen MR) is 88.1 cm³/mol. The lowest BCUT2D eigenvalue weighted by Crippen LogP contribution is -2.32. The van der Waals surface area contributed by atoms with Crippen LogP contribution in [-0.4, -0.2) is 12.5 Å². The van der Waals surface area contributed by atoms with Gasteiger partial charge in [-0.3, -0.25) is 4.79 Å². The van der Waals surface area contributed by atoms with Crippen LogP contribution in [0.2, 0.25) is 0 Å². The van der Waals surface area contributed by atoms with Gasteiger partial charge >= 0.3 is 5.63 Å². The van der Waals surface area contributed by atoms with Crippen molar-refractivity contribution in [2.75, 3.05) is 6.54 Å². The summed E-state index contributed by atoms with van der Waals surface area (Å²) < 4.78 is 5.20. The Kier molecular flexibility index (Phi) is 5.75. The van der Waals surface area contributed by atoms with Crippen molar-refractivity contribution < 1.29 is 9.21 Å². The number of hydrogen-bond donors (Lipinski definition) is 1. The van der Waals surface area contributed by atoms with Gasteiger partial charge in [-0.05, 0) is 24.5 Å².